The quantitative estimate of drug-likeness (QED) is 0.0479. The molecule has 8 saturated heterocycles. The van der Waals surface area contributed by atoms with Crippen LogP contribution in [0.5, 0.6) is 0 Å². The third kappa shape index (κ3) is 15.3. The van der Waals surface area contributed by atoms with Crippen LogP contribution in [0.3, 0.4) is 0 Å². The first kappa shape index (κ1) is 75.4. The summed E-state index contributed by atoms with van der Waals surface area (Å²) < 4.78 is 85.6. The summed E-state index contributed by atoms with van der Waals surface area (Å²) in [5.41, 5.74) is 0. The Morgan fingerprint density at radius 3 is 0.742 bits per heavy atom. The zero-order valence-corrected chi connectivity index (χ0v) is 50.1. The molecular weight excluding hydrogens is 1280 g/mol. The molecule has 8 rings (SSSR count). The molecule has 40 atom stereocenters. The zero-order chi connectivity index (χ0) is 68.8. The SMILES string of the molecule is C[C@@H]1OC(CO)[C@@H](O)C(O[C@@H]2OC(C(=O)O)[C@@H](O[C@@H]3OC(CO)[C@@H](O)C(O[C@@H]4OC(C(=O)O)[C@@H](O[C@@H]5OC(CO)[C@@H](O)C(O[C@@H]6OC(C(=O)O)[C@@H](O[C@@H]7OC(CO)[C@@H](O)C(O[C@@H]8OC(C(=O)O)[C@@H](O)C(O)[C@@H]8O)[C@@H]7C)C(O)[C@@H]6O)[C@@H]5C)C(O)[C@@H]4O)[C@@H]3C)C(O)[C@@H]2O)[C@@H]1C. The number of ether oxygens (including phenoxy) is 15. The number of aliphatic hydroxyl groups is 17. The molecule has 40 nitrogen and oxygen atoms in total. The fourth-order valence-corrected chi connectivity index (χ4v) is 12.5. The van der Waals surface area contributed by atoms with Crippen LogP contribution in [0, 0.1) is 23.7 Å². The Morgan fingerprint density at radius 2 is 0.484 bits per heavy atom. The van der Waals surface area contributed by atoms with Crippen LogP contribution in [0.2, 0.25) is 0 Å². The van der Waals surface area contributed by atoms with Crippen molar-refractivity contribution in [3.8, 4) is 0 Å². The lowest BCUT2D eigenvalue weighted by Gasteiger charge is -2.50. The van der Waals surface area contributed by atoms with Gasteiger partial charge in [0, 0.05) is 23.7 Å². The van der Waals surface area contributed by atoms with E-state index >= 15 is 0 Å². The molecule has 0 spiro atoms. The van der Waals surface area contributed by atoms with Crippen molar-refractivity contribution in [2.75, 3.05) is 26.4 Å². The summed E-state index contributed by atoms with van der Waals surface area (Å²) in [4.78, 5) is 50.3. The number of hydrogen-bond donors (Lipinski definition) is 21. The maximum Gasteiger partial charge on any atom is 0.335 e. The molecule has 0 aromatic heterocycles. The fourth-order valence-electron chi connectivity index (χ4n) is 12.5. The summed E-state index contributed by atoms with van der Waals surface area (Å²) in [5, 5.41) is 226. The average Bonchev–Trinajstić information content (AvgIpc) is 0.792. The number of aliphatic hydroxyl groups excluding tert-OH is 17. The highest BCUT2D eigenvalue weighted by atomic mass is 16.8. The van der Waals surface area contributed by atoms with E-state index in [4.69, 9.17) is 71.1 Å². The molecule has 0 aromatic rings. The Bertz CT molecular complexity index is 2470. The van der Waals surface area contributed by atoms with Gasteiger partial charge in [-0.05, 0) is 6.92 Å². The van der Waals surface area contributed by atoms with Crippen LogP contribution < -0.4 is 0 Å². The molecule has 8 fully saturated rings. The molecule has 536 valence electrons. The highest BCUT2D eigenvalue weighted by molar-refractivity contribution is 5.74. The van der Waals surface area contributed by atoms with E-state index in [0.29, 0.717) is 0 Å². The summed E-state index contributed by atoms with van der Waals surface area (Å²) >= 11 is 0. The minimum absolute atomic E-state index is 0.626. The number of carbonyl (C=O) groups is 4. The highest BCUT2D eigenvalue weighted by Gasteiger charge is 2.60. The molecule has 0 bridgehead atoms. The number of aliphatic carboxylic acids is 4. The van der Waals surface area contributed by atoms with Crippen LogP contribution in [0.15, 0.2) is 0 Å². The van der Waals surface area contributed by atoms with Gasteiger partial charge in [-0.3, -0.25) is 0 Å². The molecule has 8 aliphatic rings. The third-order valence-electron chi connectivity index (χ3n) is 18.2. The van der Waals surface area contributed by atoms with Gasteiger partial charge in [0.2, 0.25) is 0 Å². The second-order valence-corrected chi connectivity index (χ2v) is 24.3. The van der Waals surface area contributed by atoms with Gasteiger partial charge in [0.1, 0.15) is 122 Å². The summed E-state index contributed by atoms with van der Waals surface area (Å²) in [6.45, 7) is 3.18. The van der Waals surface area contributed by atoms with E-state index in [2.05, 4.69) is 0 Å². The van der Waals surface area contributed by atoms with Crippen molar-refractivity contribution in [3.63, 3.8) is 0 Å². The minimum atomic E-state index is -2.38. The van der Waals surface area contributed by atoms with Crippen LogP contribution in [-0.4, -0.2) is 379 Å². The standard InChI is InChI=1S/C53H84O40/c1-10-14(5)79-15(6-54)19(58)32(10)83-51-29(68)25(64)36(40(91-51)44(73)74)87-48-12(3)34(21(60)17(8-56)81-48)85-53-31(70)27(66)38(42(93-53)46(77)78)89-49-13(4)35(22(61)18(9-57)82-49)86-52-30(69)26(65)37(41(92-52)45(75)76)88-47-11(2)33(20(59)16(7-55)80-47)84-50-28(67)23(62)24(63)39(90-50)43(71)72/h10-42,47-70H,6-9H2,1-5H3,(H,71,72)(H,73,74)(H,75,76)(H,77,78)/t10-,11+,12+,13+,14+,15?,16?,17?,18?,19-,20-,21-,22-,23?,24+,25?,26?,27?,28+,29+,30+,31+,32?,33?,34?,35?,36+,37+,38+,39?,40?,41?,42?,47+,48+,49+,50-,51-,52-,53-/m1/s1. The van der Waals surface area contributed by atoms with Crippen LogP contribution >= 0.6 is 0 Å². The van der Waals surface area contributed by atoms with E-state index in [9.17, 15) is 126 Å². The van der Waals surface area contributed by atoms with Gasteiger partial charge < -0.3 is 178 Å². The molecule has 93 heavy (non-hydrogen) atoms. The van der Waals surface area contributed by atoms with Crippen molar-refractivity contribution < 1.29 is 197 Å². The first-order chi connectivity index (χ1) is 43.7. The van der Waals surface area contributed by atoms with Gasteiger partial charge in [0.15, 0.2) is 68.4 Å². The van der Waals surface area contributed by atoms with Gasteiger partial charge in [-0.15, -0.1) is 0 Å². The highest BCUT2D eigenvalue weighted by Crippen LogP contribution is 2.42. The summed E-state index contributed by atoms with van der Waals surface area (Å²) in [5.74, 6) is -12.2. The Kier molecular flexibility index (Phi) is 25.3. The van der Waals surface area contributed by atoms with E-state index in [1.54, 1.807) is 13.8 Å². The monoisotopic (exact) mass is 1360 g/mol. The van der Waals surface area contributed by atoms with E-state index < -0.39 is 295 Å². The predicted octanol–water partition coefficient (Wildman–Crippen LogP) is -11.9. The van der Waals surface area contributed by atoms with E-state index in [1.807, 2.05) is 0 Å². The van der Waals surface area contributed by atoms with E-state index in [-0.39, 0.29) is 0 Å². The van der Waals surface area contributed by atoms with Gasteiger partial charge in [-0.2, -0.15) is 0 Å². The zero-order valence-electron chi connectivity index (χ0n) is 50.1. The van der Waals surface area contributed by atoms with Gasteiger partial charge in [-0.1, -0.05) is 27.7 Å². The Morgan fingerprint density at radius 1 is 0.258 bits per heavy atom. The lowest BCUT2D eigenvalue weighted by atomic mass is 9.88. The van der Waals surface area contributed by atoms with Gasteiger partial charge in [0.25, 0.3) is 0 Å². The van der Waals surface area contributed by atoms with Crippen molar-refractivity contribution in [1.82, 2.24) is 0 Å². The topological polar surface area (TPSA) is 632 Å². The van der Waals surface area contributed by atoms with Crippen LogP contribution in [0.1, 0.15) is 34.6 Å². The molecule has 0 saturated carbocycles. The Balaban J connectivity index is 0.934. The van der Waals surface area contributed by atoms with E-state index in [1.165, 1.54) is 20.8 Å². The second kappa shape index (κ2) is 31.2. The molecule has 40 heteroatoms. The molecule has 0 radical (unpaired) electrons. The first-order valence-electron chi connectivity index (χ1n) is 29.7. The molecule has 16 unspecified atom stereocenters. The summed E-state index contributed by atoms with van der Waals surface area (Å²) in [7, 11) is 0. The largest absolute Gasteiger partial charge is 0.479 e. The van der Waals surface area contributed by atoms with Crippen LogP contribution in [-0.2, 0) is 90.2 Å². The molecule has 8 aliphatic heterocycles. The van der Waals surface area contributed by atoms with Gasteiger partial charge in [0.05, 0.1) is 56.9 Å². The van der Waals surface area contributed by atoms with Gasteiger partial charge >= 0.3 is 23.9 Å². The van der Waals surface area contributed by atoms with Crippen molar-refractivity contribution in [2.24, 2.45) is 23.7 Å². The number of carboxylic acid groups (broad SMARTS) is 4. The van der Waals surface area contributed by atoms with Crippen molar-refractivity contribution >= 4 is 23.9 Å². The van der Waals surface area contributed by atoms with Crippen LogP contribution in [0.25, 0.3) is 0 Å². The number of hydrogen-bond acceptors (Lipinski definition) is 36. The van der Waals surface area contributed by atoms with Crippen molar-refractivity contribution in [3.05, 3.63) is 0 Å². The Labute approximate surface area is 526 Å². The molecule has 0 aliphatic carbocycles. The number of rotatable bonds is 22. The minimum Gasteiger partial charge on any atom is -0.479 e. The summed E-state index contributed by atoms with van der Waals surface area (Å²) in [6.07, 6.45) is -70.4. The van der Waals surface area contributed by atoms with Crippen molar-refractivity contribution in [1.29, 1.82) is 0 Å². The molecular formula is C53H84O40. The Hall–Kier alpha value is -3.40. The number of carboxylic acids is 4. The van der Waals surface area contributed by atoms with E-state index in [0.717, 1.165) is 0 Å². The fraction of sp³-hybridized carbons (Fsp3) is 0.925. The van der Waals surface area contributed by atoms with Crippen molar-refractivity contribution in [2.45, 2.75) is 256 Å². The first-order valence-corrected chi connectivity index (χ1v) is 29.7. The molecule has 0 amide bonds. The van der Waals surface area contributed by atoms with Gasteiger partial charge in [-0.25, -0.2) is 19.2 Å². The second-order valence-electron chi connectivity index (χ2n) is 24.3. The lowest BCUT2D eigenvalue weighted by molar-refractivity contribution is -0.387. The van der Waals surface area contributed by atoms with Crippen LogP contribution in [0.4, 0.5) is 0 Å². The molecule has 8 heterocycles. The average molecular weight is 1360 g/mol. The maximum absolute atomic E-state index is 13.0. The normalized spacial score (nSPS) is 51.6. The lowest BCUT2D eigenvalue weighted by Crippen LogP contribution is -2.67. The molecule has 0 aromatic carbocycles. The maximum atomic E-state index is 13.0. The smallest absolute Gasteiger partial charge is 0.335 e. The summed E-state index contributed by atoms with van der Waals surface area (Å²) in [6, 6.07) is 0. The predicted molar refractivity (Wildman–Crippen MR) is 283 cm³/mol. The third-order valence-corrected chi connectivity index (χ3v) is 18.2. The molecule has 21 N–H and O–H groups in total.